The summed E-state index contributed by atoms with van der Waals surface area (Å²) in [7, 11) is 3.74. The number of para-hydroxylation sites is 1. The molecular formula is C36H36N2O14. The van der Waals surface area contributed by atoms with Gasteiger partial charge in [0.15, 0.2) is 6.29 Å². The highest BCUT2D eigenvalue weighted by Gasteiger charge is 2.40. The van der Waals surface area contributed by atoms with Crippen LogP contribution in [-0.2, 0) is 19.1 Å². The number of dihydropyridines is 1. The standard InChI is InChI=1S/C19H18O8.C17H18N2O6/c1-8-5-13(26-4)11(7-20)17(22)14(8)19(25)27-12-6-9(2)16(21)15(10(12)3)18(23)24;1-9-13(16(20)24-3)15(14(10(2)18-9)17(21)25-4)11-7-5-6-8-12(11)19(22)23/h5-7,21-22H,1-4H3,(H,23,24);5-8,15,18H,1-4H3. The second kappa shape index (κ2) is 16.3. The number of carboxylic acids is 1. The first-order valence-electron chi connectivity index (χ1n) is 15.2. The van der Waals surface area contributed by atoms with E-state index in [4.69, 9.17) is 18.9 Å². The van der Waals surface area contributed by atoms with Gasteiger partial charge in [0, 0.05) is 28.6 Å². The molecule has 0 aliphatic carbocycles. The lowest BCUT2D eigenvalue weighted by Gasteiger charge is -2.29. The van der Waals surface area contributed by atoms with Gasteiger partial charge in [0.2, 0.25) is 0 Å². The third-order valence-corrected chi connectivity index (χ3v) is 8.18. The van der Waals surface area contributed by atoms with E-state index in [1.54, 1.807) is 19.9 Å². The van der Waals surface area contributed by atoms with E-state index in [9.17, 15) is 49.4 Å². The summed E-state index contributed by atoms with van der Waals surface area (Å²) < 4.78 is 19.9. The molecule has 4 rings (SSSR count). The van der Waals surface area contributed by atoms with Crippen LogP contribution in [-0.4, -0.2) is 71.7 Å². The SMILES string of the molecule is COC(=O)C1=C(C)NC(C)=C(C(=O)OC)C1c1ccccc1[N+](=O)[O-].COc1cc(C)c(C(=O)Oc2cc(C)c(O)c(C(=O)O)c2C)c(O)c1C=O. The average Bonchev–Trinajstić information content (AvgIpc) is 3.09. The molecule has 274 valence electrons. The van der Waals surface area contributed by atoms with E-state index in [0.717, 1.165) is 0 Å². The van der Waals surface area contributed by atoms with Crippen molar-refractivity contribution < 1.29 is 63.2 Å². The molecule has 1 aliphatic heterocycles. The third-order valence-electron chi connectivity index (χ3n) is 8.18. The molecule has 16 nitrogen and oxygen atoms in total. The van der Waals surface area contributed by atoms with Crippen molar-refractivity contribution in [2.75, 3.05) is 21.3 Å². The summed E-state index contributed by atoms with van der Waals surface area (Å²) in [6.07, 6.45) is 0.350. The number of aldehydes is 1. The molecule has 0 fully saturated rings. The first-order chi connectivity index (χ1) is 24.5. The Bertz CT molecular complexity index is 2020. The molecule has 0 bridgehead atoms. The Morgan fingerprint density at radius 2 is 1.35 bits per heavy atom. The molecule has 0 saturated heterocycles. The number of carbonyl (C=O) groups is 5. The lowest BCUT2D eigenvalue weighted by Crippen LogP contribution is -2.32. The first kappa shape index (κ1) is 39.7. The largest absolute Gasteiger partial charge is 0.507 e. The number of nitrogens with one attached hydrogen (secondary N) is 1. The topological polar surface area (TPSA) is 238 Å². The molecule has 3 aromatic rings. The summed E-state index contributed by atoms with van der Waals surface area (Å²) in [5.74, 6) is -5.70. The number of ether oxygens (including phenoxy) is 4. The van der Waals surface area contributed by atoms with Gasteiger partial charge in [-0.05, 0) is 57.9 Å². The molecule has 0 unspecified atom stereocenters. The van der Waals surface area contributed by atoms with Crippen LogP contribution in [0.1, 0.15) is 73.1 Å². The van der Waals surface area contributed by atoms with Crippen LogP contribution >= 0.6 is 0 Å². The van der Waals surface area contributed by atoms with E-state index in [2.05, 4.69) is 5.32 Å². The molecule has 3 aromatic carbocycles. The number of nitro benzene ring substituents is 1. The Labute approximate surface area is 297 Å². The maximum absolute atomic E-state index is 12.6. The number of aromatic carboxylic acids is 1. The van der Waals surface area contributed by atoms with E-state index in [1.165, 1.54) is 72.4 Å². The minimum Gasteiger partial charge on any atom is -0.507 e. The second-order valence-corrected chi connectivity index (χ2v) is 11.3. The summed E-state index contributed by atoms with van der Waals surface area (Å²) in [4.78, 5) is 70.8. The normalized spacial score (nSPS) is 12.5. The monoisotopic (exact) mass is 720 g/mol. The minimum atomic E-state index is -1.38. The fourth-order valence-corrected chi connectivity index (χ4v) is 5.68. The minimum absolute atomic E-state index is 0.0419. The molecule has 52 heavy (non-hydrogen) atoms. The number of aryl methyl sites for hydroxylation is 2. The summed E-state index contributed by atoms with van der Waals surface area (Å²) in [6, 6.07) is 8.68. The van der Waals surface area contributed by atoms with Crippen molar-refractivity contribution in [3.8, 4) is 23.0 Å². The number of nitrogens with zero attached hydrogens (tertiary/aromatic N) is 1. The Hall–Kier alpha value is -6.71. The van der Waals surface area contributed by atoms with Gasteiger partial charge in [0.05, 0.1) is 48.9 Å². The maximum Gasteiger partial charge on any atom is 0.347 e. The van der Waals surface area contributed by atoms with Crippen LogP contribution in [0.15, 0.2) is 58.9 Å². The van der Waals surface area contributed by atoms with Crippen molar-refractivity contribution in [2.45, 2.75) is 40.5 Å². The van der Waals surface area contributed by atoms with Crippen LogP contribution in [0, 0.1) is 30.9 Å². The van der Waals surface area contributed by atoms with Crippen LogP contribution in [0.5, 0.6) is 23.0 Å². The van der Waals surface area contributed by atoms with Gasteiger partial charge in [-0.2, -0.15) is 0 Å². The molecule has 0 aromatic heterocycles. The van der Waals surface area contributed by atoms with Crippen LogP contribution in [0.25, 0.3) is 0 Å². The number of benzene rings is 3. The number of esters is 3. The highest BCUT2D eigenvalue weighted by molar-refractivity contribution is 6.01. The summed E-state index contributed by atoms with van der Waals surface area (Å²) in [6.45, 7) is 7.64. The van der Waals surface area contributed by atoms with E-state index in [1.807, 2.05) is 0 Å². The molecular weight excluding hydrogens is 684 g/mol. The number of carboxylic acid groups (broad SMARTS) is 1. The number of phenols is 2. The highest BCUT2D eigenvalue weighted by Crippen LogP contribution is 2.42. The number of aromatic hydroxyl groups is 2. The number of phenolic OH excluding ortho intramolecular Hbond substituents is 1. The van der Waals surface area contributed by atoms with Gasteiger partial charge in [-0.25, -0.2) is 19.2 Å². The zero-order valence-electron chi connectivity index (χ0n) is 29.4. The molecule has 1 heterocycles. The van der Waals surface area contributed by atoms with Gasteiger partial charge in [-0.15, -0.1) is 0 Å². The Kier molecular flexibility index (Phi) is 12.5. The van der Waals surface area contributed by atoms with E-state index >= 15 is 0 Å². The maximum atomic E-state index is 12.6. The molecule has 1 aliphatic rings. The van der Waals surface area contributed by atoms with Crippen LogP contribution < -0.4 is 14.8 Å². The predicted molar refractivity (Wildman–Crippen MR) is 183 cm³/mol. The van der Waals surface area contributed by atoms with Gasteiger partial charge in [0.25, 0.3) is 5.69 Å². The number of nitro groups is 1. The number of allylic oxidation sites excluding steroid dienone is 2. The summed E-state index contributed by atoms with van der Waals surface area (Å²) in [5, 5.41) is 43.9. The zero-order valence-corrected chi connectivity index (χ0v) is 29.4. The fraction of sp³-hybridized carbons (Fsp3) is 0.250. The summed E-state index contributed by atoms with van der Waals surface area (Å²) >= 11 is 0. The van der Waals surface area contributed by atoms with Gasteiger partial charge in [0.1, 0.15) is 34.1 Å². The smallest absolute Gasteiger partial charge is 0.347 e. The zero-order chi connectivity index (χ0) is 39.2. The lowest BCUT2D eigenvalue weighted by atomic mass is 9.79. The fourth-order valence-electron chi connectivity index (χ4n) is 5.68. The molecule has 0 radical (unpaired) electrons. The van der Waals surface area contributed by atoms with Gasteiger partial charge < -0.3 is 39.6 Å². The van der Waals surface area contributed by atoms with Crippen molar-refractivity contribution in [1.29, 1.82) is 0 Å². The van der Waals surface area contributed by atoms with Crippen molar-refractivity contribution in [1.82, 2.24) is 5.32 Å². The van der Waals surface area contributed by atoms with E-state index in [0.29, 0.717) is 23.2 Å². The van der Waals surface area contributed by atoms with Crippen LogP contribution in [0.2, 0.25) is 0 Å². The average molecular weight is 721 g/mol. The first-order valence-corrected chi connectivity index (χ1v) is 15.2. The number of rotatable bonds is 9. The van der Waals surface area contributed by atoms with Crippen LogP contribution in [0.4, 0.5) is 5.69 Å². The number of methoxy groups -OCH3 is 3. The van der Waals surface area contributed by atoms with Crippen molar-refractivity contribution in [3.63, 3.8) is 0 Å². The van der Waals surface area contributed by atoms with Gasteiger partial charge in [-0.3, -0.25) is 14.9 Å². The molecule has 4 N–H and O–H groups in total. The van der Waals surface area contributed by atoms with Crippen molar-refractivity contribution >= 4 is 35.9 Å². The number of carbonyl (C=O) groups excluding carboxylic acids is 4. The van der Waals surface area contributed by atoms with E-state index < -0.39 is 46.2 Å². The Balaban J connectivity index is 0.000000281. The van der Waals surface area contributed by atoms with Crippen molar-refractivity contribution in [2.24, 2.45) is 0 Å². The van der Waals surface area contributed by atoms with E-state index in [-0.39, 0.29) is 61.7 Å². The molecule has 0 spiro atoms. The number of hydrogen-bond acceptors (Lipinski definition) is 14. The summed E-state index contributed by atoms with van der Waals surface area (Å²) in [5.41, 5.74) is 0.885. The predicted octanol–water partition coefficient (Wildman–Crippen LogP) is 4.94. The molecule has 0 saturated carbocycles. The number of hydrogen-bond donors (Lipinski definition) is 4. The van der Waals surface area contributed by atoms with Crippen molar-refractivity contribution in [3.05, 3.63) is 108 Å². The lowest BCUT2D eigenvalue weighted by molar-refractivity contribution is -0.385. The molecule has 16 heteroatoms. The highest BCUT2D eigenvalue weighted by atomic mass is 16.6. The van der Waals surface area contributed by atoms with Gasteiger partial charge in [-0.1, -0.05) is 18.2 Å². The molecule has 0 atom stereocenters. The second-order valence-electron chi connectivity index (χ2n) is 11.3. The Morgan fingerprint density at radius 3 is 1.83 bits per heavy atom. The van der Waals surface area contributed by atoms with Gasteiger partial charge >= 0.3 is 23.9 Å². The third kappa shape index (κ3) is 7.70. The molecule has 0 amide bonds. The quantitative estimate of drug-likeness (QED) is 0.0753. The van der Waals surface area contributed by atoms with Crippen LogP contribution in [0.3, 0.4) is 0 Å². The Morgan fingerprint density at radius 1 is 0.808 bits per heavy atom.